The molecule has 2 rings (SSSR count). The molecule has 0 amide bonds. The Morgan fingerprint density at radius 1 is 1.46 bits per heavy atom. The van der Waals surface area contributed by atoms with Gasteiger partial charge in [0.05, 0.1) is 5.57 Å². The number of aliphatic carboxylic acids is 2. The Balaban J connectivity index is 2.33. The summed E-state index contributed by atoms with van der Waals surface area (Å²) in [6.45, 7) is 0. The van der Waals surface area contributed by atoms with Gasteiger partial charge in [0, 0.05) is 0 Å². The molecule has 13 heavy (non-hydrogen) atoms. The highest BCUT2D eigenvalue weighted by Gasteiger charge is 2.65. The molecule has 0 aromatic carbocycles. The molecule has 0 aromatic heterocycles. The number of carboxylic acid groups (broad SMARTS) is 2. The van der Waals surface area contributed by atoms with E-state index in [2.05, 4.69) is 0 Å². The molecule has 1 aliphatic heterocycles. The second-order valence-corrected chi connectivity index (χ2v) is 2.88. The summed E-state index contributed by atoms with van der Waals surface area (Å²) in [6, 6.07) is 0. The van der Waals surface area contributed by atoms with Gasteiger partial charge in [0.2, 0.25) is 5.60 Å². The average Bonchev–Trinajstić information content (AvgIpc) is 2.77. The summed E-state index contributed by atoms with van der Waals surface area (Å²) in [5.74, 6) is -2.29. The van der Waals surface area contributed by atoms with Crippen molar-refractivity contribution >= 4 is 11.9 Å². The van der Waals surface area contributed by atoms with Crippen LogP contribution in [0, 0.1) is 0 Å². The minimum atomic E-state index is -1.41. The monoisotopic (exact) mass is 182 g/mol. The molecule has 1 aliphatic carbocycles. The van der Waals surface area contributed by atoms with Crippen LogP contribution in [-0.2, 0) is 14.3 Å². The molecule has 68 valence electrons. The molecule has 0 radical (unpaired) electrons. The lowest BCUT2D eigenvalue weighted by molar-refractivity contribution is -0.141. The summed E-state index contributed by atoms with van der Waals surface area (Å²) >= 11 is 0. The number of fused-ring (bicyclic) bond motifs is 1. The largest absolute Gasteiger partial charge is 0.479 e. The summed E-state index contributed by atoms with van der Waals surface area (Å²) in [6.07, 6.45) is 3.27. The molecule has 2 unspecified atom stereocenters. The standard InChI is InChI=1S/C8H6O5/c9-6(10)4-2-1-3-8(7(11)12)5(4)13-8/h1-3,5H,(H,9,10)(H,11,12). The highest BCUT2D eigenvalue weighted by molar-refractivity contribution is 5.96. The van der Waals surface area contributed by atoms with Crippen LogP contribution in [0.4, 0.5) is 0 Å². The number of carbonyl (C=O) groups is 2. The maximum Gasteiger partial charge on any atom is 0.343 e. The van der Waals surface area contributed by atoms with E-state index in [0.29, 0.717) is 0 Å². The Morgan fingerprint density at radius 2 is 2.15 bits per heavy atom. The number of allylic oxidation sites excluding steroid dienone is 2. The number of carboxylic acids is 2. The van der Waals surface area contributed by atoms with Gasteiger partial charge in [0.25, 0.3) is 0 Å². The lowest BCUT2D eigenvalue weighted by Crippen LogP contribution is -2.28. The predicted molar refractivity (Wildman–Crippen MR) is 40.1 cm³/mol. The van der Waals surface area contributed by atoms with E-state index in [1.807, 2.05) is 0 Å². The zero-order valence-corrected chi connectivity index (χ0v) is 6.43. The quantitative estimate of drug-likeness (QED) is 0.577. The number of rotatable bonds is 2. The van der Waals surface area contributed by atoms with E-state index in [0.717, 1.165) is 0 Å². The average molecular weight is 182 g/mol. The third-order valence-corrected chi connectivity index (χ3v) is 2.13. The van der Waals surface area contributed by atoms with Gasteiger partial charge < -0.3 is 14.9 Å². The van der Waals surface area contributed by atoms with Gasteiger partial charge in [-0.1, -0.05) is 6.08 Å². The van der Waals surface area contributed by atoms with Crippen molar-refractivity contribution in [2.45, 2.75) is 11.7 Å². The van der Waals surface area contributed by atoms with Crippen molar-refractivity contribution in [3.8, 4) is 0 Å². The lowest BCUT2D eigenvalue weighted by Gasteiger charge is -2.04. The fourth-order valence-corrected chi connectivity index (χ4v) is 1.38. The van der Waals surface area contributed by atoms with E-state index in [4.69, 9.17) is 14.9 Å². The summed E-state index contributed by atoms with van der Waals surface area (Å²) in [4.78, 5) is 21.3. The molecular weight excluding hydrogens is 176 g/mol. The van der Waals surface area contributed by atoms with Crippen LogP contribution in [0.2, 0.25) is 0 Å². The normalized spacial score (nSPS) is 34.8. The molecule has 2 aliphatic rings. The molecule has 2 N–H and O–H groups in total. The van der Waals surface area contributed by atoms with Crippen LogP contribution < -0.4 is 0 Å². The fraction of sp³-hybridized carbons (Fsp3) is 0.250. The second-order valence-electron chi connectivity index (χ2n) is 2.88. The molecule has 0 saturated carbocycles. The van der Waals surface area contributed by atoms with Crippen molar-refractivity contribution in [1.29, 1.82) is 0 Å². The fourth-order valence-electron chi connectivity index (χ4n) is 1.38. The summed E-state index contributed by atoms with van der Waals surface area (Å²) < 4.78 is 4.87. The zero-order valence-electron chi connectivity index (χ0n) is 6.43. The topological polar surface area (TPSA) is 87.1 Å². The van der Waals surface area contributed by atoms with E-state index in [-0.39, 0.29) is 5.57 Å². The van der Waals surface area contributed by atoms with Crippen LogP contribution in [0.1, 0.15) is 0 Å². The lowest BCUT2D eigenvalue weighted by atomic mass is 9.94. The first kappa shape index (κ1) is 8.00. The van der Waals surface area contributed by atoms with Gasteiger partial charge in [-0.25, -0.2) is 9.59 Å². The summed E-state index contributed by atoms with van der Waals surface area (Å²) in [5.41, 5.74) is -1.42. The van der Waals surface area contributed by atoms with Crippen LogP contribution in [0.3, 0.4) is 0 Å². The SMILES string of the molecule is O=C(O)C1=CC=CC2(C(=O)O)OC12. The van der Waals surface area contributed by atoms with Crippen LogP contribution in [0.5, 0.6) is 0 Å². The molecular formula is C8H6O5. The maximum atomic E-state index is 10.7. The van der Waals surface area contributed by atoms with E-state index in [1.54, 1.807) is 0 Å². The summed E-state index contributed by atoms with van der Waals surface area (Å²) in [7, 11) is 0. The number of hydrogen-bond acceptors (Lipinski definition) is 3. The van der Waals surface area contributed by atoms with Crippen LogP contribution in [0.25, 0.3) is 0 Å². The Morgan fingerprint density at radius 3 is 2.69 bits per heavy atom. The molecule has 0 aromatic rings. The van der Waals surface area contributed by atoms with E-state index in [1.165, 1.54) is 18.2 Å². The molecule has 0 bridgehead atoms. The van der Waals surface area contributed by atoms with E-state index in [9.17, 15) is 9.59 Å². The van der Waals surface area contributed by atoms with Gasteiger partial charge in [-0.2, -0.15) is 0 Å². The molecule has 0 spiro atoms. The van der Waals surface area contributed by atoms with Gasteiger partial charge in [0.1, 0.15) is 6.10 Å². The Hall–Kier alpha value is -1.62. The Bertz CT molecular complexity index is 354. The van der Waals surface area contributed by atoms with Crippen molar-refractivity contribution in [2.75, 3.05) is 0 Å². The van der Waals surface area contributed by atoms with Crippen molar-refractivity contribution in [3.63, 3.8) is 0 Å². The Kier molecular flexibility index (Phi) is 1.35. The van der Waals surface area contributed by atoms with Crippen molar-refractivity contribution in [2.24, 2.45) is 0 Å². The van der Waals surface area contributed by atoms with Gasteiger partial charge >= 0.3 is 11.9 Å². The first-order valence-electron chi connectivity index (χ1n) is 3.62. The molecule has 5 heteroatoms. The number of ether oxygens (including phenoxy) is 1. The molecule has 1 fully saturated rings. The molecule has 1 heterocycles. The number of epoxide rings is 1. The smallest absolute Gasteiger partial charge is 0.343 e. The number of hydrogen-bond donors (Lipinski definition) is 2. The van der Waals surface area contributed by atoms with Gasteiger partial charge in [-0.15, -0.1) is 0 Å². The van der Waals surface area contributed by atoms with Gasteiger partial charge in [-0.05, 0) is 12.2 Å². The van der Waals surface area contributed by atoms with Crippen LogP contribution in [0.15, 0.2) is 23.8 Å². The van der Waals surface area contributed by atoms with Crippen LogP contribution in [-0.4, -0.2) is 33.9 Å². The van der Waals surface area contributed by atoms with E-state index < -0.39 is 23.6 Å². The minimum Gasteiger partial charge on any atom is -0.479 e. The highest BCUT2D eigenvalue weighted by atomic mass is 16.6. The van der Waals surface area contributed by atoms with Crippen molar-refractivity contribution in [3.05, 3.63) is 23.8 Å². The Labute approximate surface area is 72.9 Å². The third-order valence-electron chi connectivity index (χ3n) is 2.13. The maximum absolute atomic E-state index is 10.7. The van der Waals surface area contributed by atoms with Crippen molar-refractivity contribution < 1.29 is 24.5 Å². The molecule has 5 nitrogen and oxygen atoms in total. The molecule has 2 atom stereocenters. The van der Waals surface area contributed by atoms with E-state index >= 15 is 0 Å². The first-order chi connectivity index (χ1) is 6.08. The highest BCUT2D eigenvalue weighted by Crippen LogP contribution is 2.45. The first-order valence-corrected chi connectivity index (χ1v) is 3.62. The molecule has 1 saturated heterocycles. The van der Waals surface area contributed by atoms with Gasteiger partial charge in [0.15, 0.2) is 0 Å². The second kappa shape index (κ2) is 2.20. The van der Waals surface area contributed by atoms with Gasteiger partial charge in [-0.3, -0.25) is 0 Å². The third kappa shape index (κ3) is 0.905. The minimum absolute atomic E-state index is 0.00935. The van der Waals surface area contributed by atoms with Crippen molar-refractivity contribution in [1.82, 2.24) is 0 Å². The van der Waals surface area contributed by atoms with Crippen LogP contribution >= 0.6 is 0 Å². The zero-order chi connectivity index (χ0) is 9.64. The summed E-state index contributed by atoms with van der Waals surface area (Å²) in [5, 5.41) is 17.4. The predicted octanol–water partition coefficient (Wildman–Crippen LogP) is -0.211.